The van der Waals surface area contributed by atoms with E-state index in [1.807, 2.05) is 22.9 Å². The molecule has 0 radical (unpaired) electrons. The van der Waals surface area contributed by atoms with Crippen molar-refractivity contribution in [3.63, 3.8) is 0 Å². The van der Waals surface area contributed by atoms with E-state index in [0.717, 1.165) is 17.7 Å². The number of benzene rings is 1. The van der Waals surface area contributed by atoms with Gasteiger partial charge in [0.05, 0.1) is 11.4 Å². The van der Waals surface area contributed by atoms with Gasteiger partial charge in [-0.05, 0) is 36.3 Å². The fourth-order valence-corrected chi connectivity index (χ4v) is 2.79. The molecule has 19 heavy (non-hydrogen) atoms. The first-order valence-corrected chi connectivity index (χ1v) is 8.28. The summed E-state index contributed by atoms with van der Waals surface area (Å²) in [4.78, 5) is 3.36. The maximum atomic E-state index is 11.4. The minimum atomic E-state index is -3.14. The van der Waals surface area contributed by atoms with Crippen LogP contribution in [-0.2, 0) is 22.8 Å². The number of aryl methyl sites for hydroxylation is 1. The Labute approximate surface area is 118 Å². The summed E-state index contributed by atoms with van der Waals surface area (Å²) in [7, 11) is -3.14. The van der Waals surface area contributed by atoms with Crippen LogP contribution in [0.5, 0.6) is 0 Å². The monoisotopic (exact) mass is 296 g/mol. The molecule has 0 atom stereocenters. The Morgan fingerprint density at radius 3 is 2.42 bits per heavy atom. The second kappa shape index (κ2) is 5.30. The van der Waals surface area contributed by atoms with Crippen LogP contribution in [0.15, 0.2) is 35.4 Å². The van der Waals surface area contributed by atoms with Crippen molar-refractivity contribution < 1.29 is 8.42 Å². The molecule has 0 aliphatic heterocycles. The van der Waals surface area contributed by atoms with Gasteiger partial charge in [-0.3, -0.25) is 0 Å². The lowest BCUT2D eigenvalue weighted by Crippen LogP contribution is -2.04. The topological polar surface area (TPSA) is 54.9 Å². The van der Waals surface area contributed by atoms with Crippen LogP contribution in [0.4, 0.5) is 0 Å². The van der Waals surface area contributed by atoms with E-state index in [1.165, 1.54) is 6.26 Å². The van der Waals surface area contributed by atoms with Crippen molar-refractivity contribution in [2.24, 2.45) is 0 Å². The number of sulfone groups is 1. The summed E-state index contributed by atoms with van der Waals surface area (Å²) in [5.74, 6) is 0. The lowest BCUT2D eigenvalue weighted by atomic mass is 10.2. The van der Waals surface area contributed by atoms with Crippen molar-refractivity contribution in [3.05, 3.63) is 46.5 Å². The molecule has 1 aromatic carbocycles. The van der Waals surface area contributed by atoms with E-state index in [9.17, 15) is 8.42 Å². The number of aromatic nitrogens is 2. The average Bonchev–Trinajstić information content (AvgIpc) is 2.70. The molecule has 0 aliphatic carbocycles. The Morgan fingerprint density at radius 2 is 1.89 bits per heavy atom. The van der Waals surface area contributed by atoms with Gasteiger partial charge in [0.15, 0.2) is 14.6 Å². The molecule has 0 unspecified atom stereocenters. The van der Waals surface area contributed by atoms with E-state index in [-0.39, 0.29) is 0 Å². The summed E-state index contributed by atoms with van der Waals surface area (Å²) in [6, 6.07) is 6.91. The Hall–Kier alpha value is -1.40. The number of H-pyrrole nitrogens is 1. The fraction of sp³-hybridized carbons (Fsp3) is 0.308. The molecule has 1 heterocycles. The summed E-state index contributed by atoms with van der Waals surface area (Å²) in [5, 5.41) is 0. The molecular formula is C13H16N2O2S2. The van der Waals surface area contributed by atoms with Crippen molar-refractivity contribution in [3.8, 4) is 0 Å². The molecule has 1 aromatic heterocycles. The Kier molecular flexibility index (Phi) is 3.91. The molecule has 0 amide bonds. The van der Waals surface area contributed by atoms with Crippen LogP contribution < -0.4 is 0 Å². The molecule has 6 heteroatoms. The van der Waals surface area contributed by atoms with Gasteiger partial charge < -0.3 is 9.55 Å². The molecule has 0 bridgehead atoms. The maximum Gasteiger partial charge on any atom is 0.177 e. The molecular weight excluding hydrogens is 280 g/mol. The zero-order chi connectivity index (χ0) is 14.0. The van der Waals surface area contributed by atoms with Gasteiger partial charge in [0, 0.05) is 18.1 Å². The molecule has 0 saturated carbocycles. The molecule has 1 N–H and O–H groups in total. The van der Waals surface area contributed by atoms with Gasteiger partial charge in [0.25, 0.3) is 0 Å². The van der Waals surface area contributed by atoms with E-state index in [1.54, 1.807) is 12.1 Å². The van der Waals surface area contributed by atoms with Gasteiger partial charge >= 0.3 is 0 Å². The second-order valence-electron chi connectivity index (χ2n) is 4.44. The number of aromatic amines is 1. The lowest BCUT2D eigenvalue weighted by molar-refractivity contribution is 0.602. The third kappa shape index (κ3) is 3.13. The van der Waals surface area contributed by atoms with Crippen LogP contribution in [0.3, 0.4) is 0 Å². The van der Waals surface area contributed by atoms with Crippen molar-refractivity contribution in [2.75, 3.05) is 6.26 Å². The third-order valence-electron chi connectivity index (χ3n) is 3.01. The summed E-state index contributed by atoms with van der Waals surface area (Å²) in [6.07, 6.45) is 4.02. The Bertz CT molecular complexity index is 725. The van der Waals surface area contributed by atoms with E-state index in [4.69, 9.17) is 12.2 Å². The summed E-state index contributed by atoms with van der Waals surface area (Å²) >= 11 is 5.23. The standard InChI is InChI=1S/C13H16N2O2S2/c1-3-11-8-14-13(18)15(11)9-10-4-6-12(7-5-10)19(2,16)17/h4-8H,3,9H2,1-2H3,(H,14,18). The average molecular weight is 296 g/mol. The van der Waals surface area contributed by atoms with Crippen LogP contribution in [0.25, 0.3) is 0 Å². The summed E-state index contributed by atoms with van der Waals surface area (Å²) in [6.45, 7) is 2.72. The SMILES string of the molecule is CCc1c[nH]c(=S)n1Cc1ccc(S(C)(=O)=O)cc1. The van der Waals surface area contributed by atoms with Crippen molar-refractivity contribution in [2.45, 2.75) is 24.8 Å². The molecule has 0 saturated heterocycles. The fourth-order valence-electron chi connectivity index (χ4n) is 1.92. The van der Waals surface area contributed by atoms with Gasteiger partial charge in [0.1, 0.15) is 0 Å². The van der Waals surface area contributed by atoms with Gasteiger partial charge in [0.2, 0.25) is 0 Å². The number of hydrogen-bond acceptors (Lipinski definition) is 3. The second-order valence-corrected chi connectivity index (χ2v) is 6.84. The lowest BCUT2D eigenvalue weighted by Gasteiger charge is -2.07. The van der Waals surface area contributed by atoms with Crippen LogP contribution in [-0.4, -0.2) is 24.2 Å². The quantitative estimate of drug-likeness (QED) is 0.882. The highest BCUT2D eigenvalue weighted by atomic mass is 32.2. The van der Waals surface area contributed by atoms with Gasteiger partial charge in [-0.1, -0.05) is 19.1 Å². The highest BCUT2D eigenvalue weighted by Crippen LogP contribution is 2.13. The van der Waals surface area contributed by atoms with Gasteiger partial charge in [-0.15, -0.1) is 0 Å². The molecule has 0 aliphatic rings. The van der Waals surface area contributed by atoms with Crippen LogP contribution in [0, 0.1) is 4.77 Å². The first-order valence-electron chi connectivity index (χ1n) is 5.98. The zero-order valence-corrected chi connectivity index (χ0v) is 12.5. The normalized spacial score (nSPS) is 11.7. The van der Waals surface area contributed by atoms with Crippen molar-refractivity contribution in [1.82, 2.24) is 9.55 Å². The maximum absolute atomic E-state index is 11.4. The molecule has 2 aromatic rings. The minimum Gasteiger partial charge on any atom is -0.337 e. The summed E-state index contributed by atoms with van der Waals surface area (Å²) in [5.41, 5.74) is 2.16. The van der Waals surface area contributed by atoms with Crippen LogP contribution in [0.2, 0.25) is 0 Å². The highest BCUT2D eigenvalue weighted by Gasteiger charge is 2.07. The summed E-state index contributed by atoms with van der Waals surface area (Å²) < 4.78 is 25.5. The number of nitrogens with one attached hydrogen (secondary N) is 1. The number of hydrogen-bond donors (Lipinski definition) is 1. The van der Waals surface area contributed by atoms with Crippen LogP contribution >= 0.6 is 12.2 Å². The van der Waals surface area contributed by atoms with E-state index < -0.39 is 9.84 Å². The first kappa shape index (κ1) is 14.0. The smallest absolute Gasteiger partial charge is 0.177 e. The Morgan fingerprint density at radius 1 is 1.26 bits per heavy atom. The zero-order valence-electron chi connectivity index (χ0n) is 10.9. The van der Waals surface area contributed by atoms with Gasteiger partial charge in [-0.25, -0.2) is 8.42 Å². The predicted octanol–water partition coefficient (Wildman–Crippen LogP) is 2.56. The Balaban J connectivity index is 2.30. The minimum absolute atomic E-state index is 0.338. The van der Waals surface area contributed by atoms with E-state index in [2.05, 4.69) is 11.9 Å². The third-order valence-corrected chi connectivity index (χ3v) is 4.48. The number of rotatable bonds is 4. The molecule has 102 valence electrons. The molecule has 0 fully saturated rings. The largest absolute Gasteiger partial charge is 0.337 e. The molecule has 4 nitrogen and oxygen atoms in total. The molecule has 0 spiro atoms. The van der Waals surface area contributed by atoms with E-state index in [0.29, 0.717) is 16.2 Å². The molecule has 2 rings (SSSR count). The number of imidazole rings is 1. The first-order chi connectivity index (χ1) is 8.91. The highest BCUT2D eigenvalue weighted by molar-refractivity contribution is 7.90. The van der Waals surface area contributed by atoms with Gasteiger partial charge in [-0.2, -0.15) is 0 Å². The number of nitrogens with zero attached hydrogens (tertiary/aromatic N) is 1. The predicted molar refractivity (Wildman–Crippen MR) is 77.6 cm³/mol. The van der Waals surface area contributed by atoms with E-state index >= 15 is 0 Å². The van der Waals surface area contributed by atoms with Crippen LogP contribution in [0.1, 0.15) is 18.2 Å². The van der Waals surface area contributed by atoms with Crippen molar-refractivity contribution >= 4 is 22.1 Å². The van der Waals surface area contributed by atoms with Crippen molar-refractivity contribution in [1.29, 1.82) is 0 Å².